The van der Waals surface area contributed by atoms with E-state index >= 15 is 0 Å². The first-order valence-electron chi connectivity index (χ1n) is 4.89. The molecule has 1 aromatic carbocycles. The van der Waals surface area contributed by atoms with E-state index in [1.807, 2.05) is 0 Å². The van der Waals surface area contributed by atoms with Crippen LogP contribution in [0.15, 0.2) is 27.8 Å². The zero-order valence-electron chi connectivity index (χ0n) is 8.86. The molecule has 0 saturated heterocycles. The Morgan fingerprint density at radius 3 is 3.00 bits per heavy atom. The van der Waals surface area contributed by atoms with Crippen LogP contribution in [0.5, 0.6) is 0 Å². The van der Waals surface area contributed by atoms with E-state index in [1.165, 1.54) is 18.2 Å². The second-order valence-electron chi connectivity index (χ2n) is 3.19. The fourth-order valence-corrected chi connectivity index (χ4v) is 1.51. The molecule has 0 aliphatic heterocycles. The van der Waals surface area contributed by atoms with Gasteiger partial charge in [-0.05, 0) is 46.1 Å². The van der Waals surface area contributed by atoms with Crippen molar-refractivity contribution >= 4 is 21.8 Å². The fraction of sp³-hybridized carbons (Fsp3) is 0.300. The number of hydrogen-bond donors (Lipinski definition) is 1. The normalized spacial score (nSPS) is 9.53. The number of carbonyl (C=O) groups is 1. The molecular formula is C10H10BrFN4O. The molecule has 17 heavy (non-hydrogen) atoms. The molecule has 0 aromatic heterocycles. The van der Waals surface area contributed by atoms with Gasteiger partial charge >= 0.3 is 0 Å². The standard InChI is InChI=1S/C10H10BrFN4O/c11-8-6-7(2-3-9(8)12)10(17)14-4-1-5-15-16-13/h2-3,6H,1,4-5H2,(H,14,17). The predicted octanol–water partition coefficient (Wildman–Crippen LogP) is 3.02. The maximum atomic E-state index is 12.9. The lowest BCUT2D eigenvalue weighted by Gasteiger charge is -2.04. The molecule has 1 aromatic rings. The van der Waals surface area contributed by atoms with Crippen LogP contribution in [0, 0.1) is 5.82 Å². The highest BCUT2D eigenvalue weighted by molar-refractivity contribution is 9.10. The molecule has 1 rings (SSSR count). The van der Waals surface area contributed by atoms with Crippen LogP contribution in [-0.4, -0.2) is 19.0 Å². The first kappa shape index (κ1) is 13.5. The van der Waals surface area contributed by atoms with Crippen LogP contribution in [0.25, 0.3) is 10.4 Å². The highest BCUT2D eigenvalue weighted by Crippen LogP contribution is 2.16. The summed E-state index contributed by atoms with van der Waals surface area (Å²) in [6.45, 7) is 0.747. The molecular weight excluding hydrogens is 291 g/mol. The number of rotatable bonds is 5. The van der Waals surface area contributed by atoms with Crippen LogP contribution >= 0.6 is 15.9 Å². The molecule has 5 nitrogen and oxygen atoms in total. The second kappa shape index (κ2) is 6.88. The molecule has 0 spiro atoms. The van der Waals surface area contributed by atoms with Crippen molar-refractivity contribution in [1.82, 2.24) is 5.32 Å². The topological polar surface area (TPSA) is 77.9 Å². The van der Waals surface area contributed by atoms with Crippen molar-refractivity contribution < 1.29 is 9.18 Å². The van der Waals surface area contributed by atoms with E-state index in [0.29, 0.717) is 25.1 Å². The molecule has 7 heteroatoms. The van der Waals surface area contributed by atoms with Crippen molar-refractivity contribution in [2.45, 2.75) is 6.42 Å². The zero-order valence-corrected chi connectivity index (χ0v) is 10.4. The average molecular weight is 301 g/mol. The van der Waals surface area contributed by atoms with E-state index in [-0.39, 0.29) is 10.4 Å². The third-order valence-electron chi connectivity index (χ3n) is 1.97. The molecule has 1 amide bonds. The summed E-state index contributed by atoms with van der Waals surface area (Å²) in [5.41, 5.74) is 8.42. The van der Waals surface area contributed by atoms with E-state index in [2.05, 4.69) is 31.3 Å². The Hall–Kier alpha value is -1.59. The number of hydrogen-bond acceptors (Lipinski definition) is 2. The van der Waals surface area contributed by atoms with E-state index in [4.69, 9.17) is 5.53 Å². The summed E-state index contributed by atoms with van der Waals surface area (Å²) in [5, 5.41) is 5.98. The van der Waals surface area contributed by atoms with Crippen molar-refractivity contribution in [3.05, 3.63) is 44.5 Å². The molecule has 1 N–H and O–H groups in total. The molecule has 0 radical (unpaired) electrons. The van der Waals surface area contributed by atoms with Crippen LogP contribution in [0.2, 0.25) is 0 Å². The van der Waals surface area contributed by atoms with Crippen LogP contribution in [0.3, 0.4) is 0 Å². The van der Waals surface area contributed by atoms with Gasteiger partial charge in [0.2, 0.25) is 0 Å². The van der Waals surface area contributed by atoms with Gasteiger partial charge in [-0.3, -0.25) is 4.79 Å². The Balaban J connectivity index is 2.46. The first-order valence-corrected chi connectivity index (χ1v) is 5.68. The Morgan fingerprint density at radius 2 is 2.35 bits per heavy atom. The Morgan fingerprint density at radius 1 is 1.59 bits per heavy atom. The summed E-state index contributed by atoms with van der Waals surface area (Å²) in [7, 11) is 0. The van der Waals surface area contributed by atoms with Crippen molar-refractivity contribution in [2.75, 3.05) is 13.1 Å². The van der Waals surface area contributed by atoms with Gasteiger partial charge in [0.15, 0.2) is 0 Å². The number of nitrogens with zero attached hydrogens (tertiary/aromatic N) is 3. The van der Waals surface area contributed by atoms with Crippen molar-refractivity contribution in [1.29, 1.82) is 0 Å². The number of amides is 1. The van der Waals surface area contributed by atoms with Gasteiger partial charge in [-0.1, -0.05) is 5.11 Å². The van der Waals surface area contributed by atoms with Crippen molar-refractivity contribution in [2.24, 2.45) is 5.11 Å². The van der Waals surface area contributed by atoms with Crippen LogP contribution in [-0.2, 0) is 0 Å². The minimum absolute atomic E-state index is 0.249. The number of benzene rings is 1. The van der Waals surface area contributed by atoms with Gasteiger partial charge in [-0.15, -0.1) is 0 Å². The zero-order chi connectivity index (χ0) is 12.7. The lowest BCUT2D eigenvalue weighted by molar-refractivity contribution is 0.0953. The monoisotopic (exact) mass is 300 g/mol. The summed E-state index contributed by atoms with van der Waals surface area (Å²) in [6.07, 6.45) is 0.568. The molecule has 90 valence electrons. The smallest absolute Gasteiger partial charge is 0.251 e. The average Bonchev–Trinajstić information content (AvgIpc) is 2.32. The van der Waals surface area contributed by atoms with Gasteiger partial charge in [0.05, 0.1) is 4.47 Å². The number of halogens is 2. The van der Waals surface area contributed by atoms with Crippen molar-refractivity contribution in [3.8, 4) is 0 Å². The molecule has 0 heterocycles. The molecule has 0 fully saturated rings. The highest BCUT2D eigenvalue weighted by atomic mass is 79.9. The van der Waals surface area contributed by atoms with Gasteiger partial charge in [0, 0.05) is 23.6 Å². The number of nitrogens with one attached hydrogen (secondary N) is 1. The highest BCUT2D eigenvalue weighted by Gasteiger charge is 2.07. The summed E-state index contributed by atoms with van der Waals surface area (Å²) >= 11 is 3.01. The van der Waals surface area contributed by atoms with Crippen LogP contribution in [0.1, 0.15) is 16.8 Å². The summed E-state index contributed by atoms with van der Waals surface area (Å²) in [6, 6.07) is 4.04. The molecule has 0 saturated carbocycles. The lowest BCUT2D eigenvalue weighted by atomic mass is 10.2. The summed E-state index contributed by atoms with van der Waals surface area (Å²) in [4.78, 5) is 14.2. The largest absolute Gasteiger partial charge is 0.352 e. The van der Waals surface area contributed by atoms with Gasteiger partial charge in [-0.25, -0.2) is 4.39 Å². The van der Waals surface area contributed by atoms with Gasteiger partial charge in [-0.2, -0.15) is 0 Å². The minimum Gasteiger partial charge on any atom is -0.352 e. The minimum atomic E-state index is -0.412. The van der Waals surface area contributed by atoms with E-state index in [9.17, 15) is 9.18 Å². The van der Waals surface area contributed by atoms with Crippen LogP contribution < -0.4 is 5.32 Å². The fourth-order valence-electron chi connectivity index (χ4n) is 1.14. The van der Waals surface area contributed by atoms with Gasteiger partial charge in [0.25, 0.3) is 5.91 Å². The van der Waals surface area contributed by atoms with Gasteiger partial charge < -0.3 is 5.32 Å². The summed E-state index contributed by atoms with van der Waals surface area (Å²) in [5.74, 6) is -0.698. The maximum absolute atomic E-state index is 12.9. The first-order chi connectivity index (χ1) is 8.15. The summed E-state index contributed by atoms with van der Waals surface area (Å²) < 4.78 is 13.2. The van der Waals surface area contributed by atoms with Gasteiger partial charge in [0.1, 0.15) is 5.82 Å². The second-order valence-corrected chi connectivity index (χ2v) is 4.05. The third-order valence-corrected chi connectivity index (χ3v) is 2.57. The Kier molecular flexibility index (Phi) is 5.45. The van der Waals surface area contributed by atoms with E-state index in [1.54, 1.807) is 0 Å². The predicted molar refractivity (Wildman–Crippen MR) is 65.1 cm³/mol. The third kappa shape index (κ3) is 4.42. The maximum Gasteiger partial charge on any atom is 0.251 e. The van der Waals surface area contributed by atoms with Crippen molar-refractivity contribution in [3.63, 3.8) is 0 Å². The molecule has 0 unspecified atom stereocenters. The lowest BCUT2D eigenvalue weighted by Crippen LogP contribution is -2.24. The molecule has 0 aliphatic rings. The van der Waals surface area contributed by atoms with E-state index in [0.717, 1.165) is 0 Å². The molecule has 0 aliphatic carbocycles. The molecule has 0 bridgehead atoms. The Labute approximate surface area is 106 Å². The number of carbonyl (C=O) groups excluding carboxylic acids is 1. The SMILES string of the molecule is [N-]=[N+]=NCCCNC(=O)c1ccc(F)c(Br)c1. The quantitative estimate of drug-likeness (QED) is 0.386. The molecule has 0 atom stereocenters. The van der Waals surface area contributed by atoms with E-state index < -0.39 is 5.82 Å². The Bertz CT molecular complexity index is 460. The van der Waals surface area contributed by atoms with Crippen LogP contribution in [0.4, 0.5) is 4.39 Å². The number of azide groups is 1.